The van der Waals surface area contributed by atoms with Crippen LogP contribution in [0.4, 0.5) is 0 Å². The van der Waals surface area contributed by atoms with Crippen LogP contribution < -0.4 is 10.1 Å². The molecule has 2 aromatic rings. The average Bonchev–Trinajstić information content (AvgIpc) is 3.11. The quantitative estimate of drug-likeness (QED) is 0.699. The van der Waals surface area contributed by atoms with Crippen LogP contribution in [0, 0.1) is 5.92 Å². The summed E-state index contributed by atoms with van der Waals surface area (Å²) in [7, 11) is 1.67. The van der Waals surface area contributed by atoms with E-state index in [9.17, 15) is 4.79 Å². The number of hydrogen-bond acceptors (Lipinski definition) is 5. The van der Waals surface area contributed by atoms with Crippen LogP contribution >= 0.6 is 11.8 Å². The summed E-state index contributed by atoms with van der Waals surface area (Å²) in [4.78, 5) is 12.2. The van der Waals surface area contributed by atoms with Crippen molar-refractivity contribution in [3.05, 3.63) is 24.3 Å². The highest BCUT2D eigenvalue weighted by molar-refractivity contribution is 8.00. The van der Waals surface area contributed by atoms with Gasteiger partial charge in [0.05, 0.1) is 12.4 Å². The lowest BCUT2D eigenvalue weighted by Gasteiger charge is -2.31. The molecule has 1 aliphatic carbocycles. The topological polar surface area (TPSA) is 69.0 Å². The Bertz CT molecular complexity index is 790. The molecule has 1 fully saturated rings. The fourth-order valence-electron chi connectivity index (χ4n) is 3.80. The van der Waals surface area contributed by atoms with Gasteiger partial charge in [0.1, 0.15) is 5.75 Å². The molecule has 0 radical (unpaired) electrons. The number of aromatic nitrogens is 3. The number of ether oxygens (including phenoxy) is 1. The lowest BCUT2D eigenvalue weighted by molar-refractivity contribution is -0.120. The lowest BCUT2D eigenvalue weighted by atomic mass is 9.85. The number of amides is 1. The number of benzene rings is 1. The van der Waals surface area contributed by atoms with E-state index in [2.05, 4.69) is 27.0 Å². The van der Waals surface area contributed by atoms with Crippen molar-refractivity contribution in [1.82, 2.24) is 20.1 Å². The minimum atomic E-state index is -0.217. The number of nitrogens with one attached hydrogen (secondary N) is 1. The Morgan fingerprint density at radius 2 is 2.00 bits per heavy atom. The van der Waals surface area contributed by atoms with Gasteiger partial charge in [-0.05, 0) is 56.9 Å². The average molecular weight is 403 g/mol. The molecule has 1 aromatic heterocycles. The van der Waals surface area contributed by atoms with Gasteiger partial charge in [-0.3, -0.25) is 9.36 Å². The molecule has 0 unspecified atom stereocenters. The minimum absolute atomic E-state index is 0.0322. The normalized spacial score (nSPS) is 20.6. The van der Waals surface area contributed by atoms with Crippen LogP contribution in [0.3, 0.4) is 0 Å². The molecule has 6 nitrogen and oxygen atoms in total. The molecular formula is C21H30N4O2S. The van der Waals surface area contributed by atoms with Gasteiger partial charge in [-0.15, -0.1) is 10.2 Å². The Hall–Kier alpha value is -2.02. The van der Waals surface area contributed by atoms with Crippen LogP contribution in [-0.2, 0) is 4.79 Å². The predicted molar refractivity (Wildman–Crippen MR) is 113 cm³/mol. The van der Waals surface area contributed by atoms with Crippen LogP contribution in [0.1, 0.15) is 52.5 Å². The number of nitrogens with zero attached hydrogens (tertiary/aromatic N) is 3. The third kappa shape index (κ3) is 4.51. The predicted octanol–water partition coefficient (Wildman–Crippen LogP) is 4.32. The highest BCUT2D eigenvalue weighted by Crippen LogP contribution is 2.39. The maximum absolute atomic E-state index is 12.2. The standard InChI is InChI=1S/C21H30N4O2S/c1-5-22-20(26)15(3)28-21-24-23-19(16-10-12-17(27-4)13-11-16)25(21)18-9-7-6-8-14(18)2/h10-15,18H,5-9H2,1-4H3,(H,22,26)/t14-,15+,18+/m0/s1. The molecule has 0 spiro atoms. The van der Waals surface area contributed by atoms with Crippen LogP contribution in [-0.4, -0.2) is 39.6 Å². The smallest absolute Gasteiger partial charge is 0.233 e. The molecule has 7 heteroatoms. The number of methoxy groups -OCH3 is 1. The lowest BCUT2D eigenvalue weighted by Crippen LogP contribution is -2.31. The van der Waals surface area contributed by atoms with Crippen molar-refractivity contribution < 1.29 is 9.53 Å². The first-order chi connectivity index (χ1) is 13.5. The summed E-state index contributed by atoms with van der Waals surface area (Å²) in [6, 6.07) is 8.29. The Labute approximate surface area is 171 Å². The first-order valence-corrected chi connectivity index (χ1v) is 11.0. The summed E-state index contributed by atoms with van der Waals surface area (Å²) in [5.74, 6) is 2.28. The Balaban J connectivity index is 1.97. The summed E-state index contributed by atoms with van der Waals surface area (Å²) in [5, 5.41) is 12.5. The summed E-state index contributed by atoms with van der Waals surface area (Å²) in [6.45, 7) is 6.80. The zero-order valence-electron chi connectivity index (χ0n) is 17.1. The Morgan fingerprint density at radius 1 is 1.29 bits per heavy atom. The van der Waals surface area contributed by atoms with E-state index in [1.807, 2.05) is 38.1 Å². The van der Waals surface area contributed by atoms with E-state index < -0.39 is 0 Å². The molecular weight excluding hydrogens is 372 g/mol. The first-order valence-electron chi connectivity index (χ1n) is 10.1. The molecule has 0 saturated heterocycles. The van der Waals surface area contributed by atoms with Gasteiger partial charge < -0.3 is 10.1 Å². The molecule has 3 rings (SSSR count). The zero-order valence-corrected chi connectivity index (χ0v) is 18.0. The van der Waals surface area contributed by atoms with E-state index in [1.165, 1.54) is 31.0 Å². The fourth-order valence-corrected chi connectivity index (χ4v) is 4.73. The van der Waals surface area contributed by atoms with Gasteiger partial charge in [-0.2, -0.15) is 0 Å². The van der Waals surface area contributed by atoms with Gasteiger partial charge >= 0.3 is 0 Å². The maximum Gasteiger partial charge on any atom is 0.233 e. The molecule has 1 saturated carbocycles. The van der Waals surface area contributed by atoms with Crippen LogP contribution in [0.15, 0.2) is 29.4 Å². The Morgan fingerprint density at radius 3 is 2.64 bits per heavy atom. The molecule has 152 valence electrons. The number of carbonyl (C=O) groups is 1. The van der Waals surface area contributed by atoms with Crippen molar-refractivity contribution >= 4 is 17.7 Å². The second kappa shape index (κ2) is 9.45. The molecule has 1 aromatic carbocycles. The van der Waals surface area contributed by atoms with E-state index in [-0.39, 0.29) is 11.2 Å². The minimum Gasteiger partial charge on any atom is -0.497 e. The van der Waals surface area contributed by atoms with Gasteiger partial charge in [0.15, 0.2) is 11.0 Å². The highest BCUT2D eigenvalue weighted by Gasteiger charge is 2.30. The fraction of sp³-hybridized carbons (Fsp3) is 0.571. The summed E-state index contributed by atoms with van der Waals surface area (Å²) in [6.07, 6.45) is 4.81. The molecule has 0 bridgehead atoms. The third-order valence-electron chi connectivity index (χ3n) is 5.41. The van der Waals surface area contributed by atoms with Crippen LogP contribution in [0.5, 0.6) is 5.75 Å². The molecule has 3 atom stereocenters. The van der Waals surface area contributed by atoms with E-state index in [0.29, 0.717) is 18.5 Å². The monoisotopic (exact) mass is 402 g/mol. The second-order valence-corrected chi connectivity index (χ2v) is 8.70. The highest BCUT2D eigenvalue weighted by atomic mass is 32.2. The zero-order chi connectivity index (χ0) is 20.1. The van der Waals surface area contributed by atoms with E-state index >= 15 is 0 Å². The van der Waals surface area contributed by atoms with Crippen molar-refractivity contribution in [2.75, 3.05) is 13.7 Å². The van der Waals surface area contributed by atoms with Crippen LogP contribution in [0.25, 0.3) is 11.4 Å². The van der Waals surface area contributed by atoms with Crippen LogP contribution in [0.2, 0.25) is 0 Å². The maximum atomic E-state index is 12.2. The largest absolute Gasteiger partial charge is 0.497 e. The third-order valence-corrected chi connectivity index (χ3v) is 6.47. The van der Waals surface area contributed by atoms with Crippen molar-refractivity contribution in [3.63, 3.8) is 0 Å². The molecule has 1 amide bonds. The second-order valence-electron chi connectivity index (χ2n) is 7.39. The van der Waals surface area contributed by atoms with Crippen molar-refractivity contribution in [2.24, 2.45) is 5.92 Å². The summed E-state index contributed by atoms with van der Waals surface area (Å²) < 4.78 is 7.55. The van der Waals surface area contributed by atoms with Crippen molar-refractivity contribution in [1.29, 1.82) is 0 Å². The molecule has 1 heterocycles. The first kappa shape index (κ1) is 20.7. The number of rotatable bonds is 7. The summed E-state index contributed by atoms with van der Waals surface area (Å²) >= 11 is 1.49. The number of thioether (sulfide) groups is 1. The van der Waals surface area contributed by atoms with Crippen molar-refractivity contribution in [3.8, 4) is 17.1 Å². The molecule has 28 heavy (non-hydrogen) atoms. The molecule has 1 N–H and O–H groups in total. The Kier molecular flexibility index (Phi) is 6.99. The van der Waals surface area contributed by atoms with Gasteiger partial charge in [0, 0.05) is 18.2 Å². The van der Waals surface area contributed by atoms with E-state index in [4.69, 9.17) is 4.74 Å². The van der Waals surface area contributed by atoms with E-state index in [0.717, 1.165) is 28.7 Å². The van der Waals surface area contributed by atoms with Gasteiger partial charge in [-0.1, -0.05) is 31.5 Å². The van der Waals surface area contributed by atoms with Crippen molar-refractivity contribution in [2.45, 2.75) is 62.9 Å². The summed E-state index contributed by atoms with van der Waals surface area (Å²) in [5.41, 5.74) is 1.02. The molecule has 0 aliphatic heterocycles. The van der Waals surface area contributed by atoms with Gasteiger partial charge in [0.25, 0.3) is 0 Å². The number of carbonyl (C=O) groups excluding carboxylic acids is 1. The van der Waals surface area contributed by atoms with Gasteiger partial charge in [0.2, 0.25) is 5.91 Å². The molecule has 1 aliphatic rings. The van der Waals surface area contributed by atoms with E-state index in [1.54, 1.807) is 7.11 Å². The number of hydrogen-bond donors (Lipinski definition) is 1. The SMILES string of the molecule is CCNC(=O)[C@@H](C)Sc1nnc(-c2ccc(OC)cc2)n1[C@@H]1CCCC[C@@H]1C. The van der Waals surface area contributed by atoms with Gasteiger partial charge in [-0.25, -0.2) is 0 Å².